The van der Waals surface area contributed by atoms with Crippen LogP contribution in [0.25, 0.3) is 0 Å². The molecule has 6 nitrogen and oxygen atoms in total. The van der Waals surface area contributed by atoms with E-state index < -0.39 is 12.8 Å². The van der Waals surface area contributed by atoms with Gasteiger partial charge in [-0.3, -0.25) is 9.59 Å². The Hall–Kier alpha value is -3.10. The van der Waals surface area contributed by atoms with Crippen molar-refractivity contribution in [3.63, 3.8) is 0 Å². The van der Waals surface area contributed by atoms with Crippen LogP contribution >= 0.6 is 0 Å². The highest BCUT2D eigenvalue weighted by Crippen LogP contribution is 2.36. The average Bonchev–Trinajstić information content (AvgIpc) is 3.06. The molecule has 33 heavy (non-hydrogen) atoms. The number of hydrogen-bond acceptors (Lipinski definition) is 4. The molecule has 176 valence electrons. The van der Waals surface area contributed by atoms with Gasteiger partial charge >= 0.3 is 6.18 Å². The lowest BCUT2D eigenvalue weighted by atomic mass is 9.83. The number of rotatable bonds is 7. The largest absolute Gasteiger partial charge is 0.484 e. The molecule has 1 unspecified atom stereocenters. The minimum atomic E-state index is -4.41. The molecule has 2 aromatic rings. The molecular weight excluding hydrogens is 435 g/mol. The zero-order valence-electron chi connectivity index (χ0n) is 18.5. The number of nitrogens with one attached hydrogen (secondary N) is 1. The Morgan fingerprint density at radius 1 is 1.30 bits per heavy atom. The molecular formula is C24H26F3N3O3. The second-order valence-corrected chi connectivity index (χ2v) is 8.77. The van der Waals surface area contributed by atoms with E-state index in [0.717, 1.165) is 24.8 Å². The molecule has 9 heteroatoms. The first kappa shape index (κ1) is 23.1. The third-order valence-corrected chi connectivity index (χ3v) is 6.37. The van der Waals surface area contributed by atoms with E-state index in [1.54, 1.807) is 30.0 Å². The number of hydrogen-bond donors (Lipinski definition) is 1. The van der Waals surface area contributed by atoms with Crippen molar-refractivity contribution in [2.24, 2.45) is 5.92 Å². The molecule has 2 heterocycles. The van der Waals surface area contributed by atoms with E-state index >= 15 is 0 Å². The fourth-order valence-electron chi connectivity index (χ4n) is 4.25. The number of nitrogens with zero attached hydrogens (tertiary/aromatic N) is 2. The highest BCUT2D eigenvalue weighted by atomic mass is 19.4. The van der Waals surface area contributed by atoms with Crippen LogP contribution in [0, 0.1) is 12.8 Å². The Morgan fingerprint density at radius 2 is 2.06 bits per heavy atom. The summed E-state index contributed by atoms with van der Waals surface area (Å²) < 4.78 is 42.2. The van der Waals surface area contributed by atoms with Crippen LogP contribution in [0.2, 0.25) is 0 Å². The van der Waals surface area contributed by atoms with Gasteiger partial charge in [0.2, 0.25) is 5.91 Å². The molecule has 4 rings (SSSR count). The quantitative estimate of drug-likeness (QED) is 0.617. The Labute approximate surface area is 190 Å². The number of pyridine rings is 1. The lowest BCUT2D eigenvalue weighted by Crippen LogP contribution is -2.27. The topological polar surface area (TPSA) is 71.5 Å². The molecule has 0 spiro atoms. The molecule has 0 radical (unpaired) electrons. The summed E-state index contributed by atoms with van der Waals surface area (Å²) >= 11 is 0. The number of fused-ring (bicyclic) bond motifs is 1. The van der Waals surface area contributed by atoms with Gasteiger partial charge in [0.05, 0.1) is 12.6 Å². The van der Waals surface area contributed by atoms with E-state index in [0.29, 0.717) is 34.8 Å². The Kier molecular flexibility index (Phi) is 6.32. The lowest BCUT2D eigenvalue weighted by molar-refractivity contribution is -0.153. The smallest absolute Gasteiger partial charge is 0.422 e. The van der Waals surface area contributed by atoms with Crippen LogP contribution in [0.15, 0.2) is 30.5 Å². The van der Waals surface area contributed by atoms with Crippen molar-refractivity contribution >= 4 is 17.6 Å². The first-order chi connectivity index (χ1) is 15.6. The van der Waals surface area contributed by atoms with E-state index in [-0.39, 0.29) is 30.2 Å². The Balaban J connectivity index is 1.47. The maximum Gasteiger partial charge on any atom is 0.422 e. The second-order valence-electron chi connectivity index (χ2n) is 8.77. The Morgan fingerprint density at radius 3 is 2.70 bits per heavy atom. The van der Waals surface area contributed by atoms with Crippen LogP contribution in [-0.4, -0.2) is 34.5 Å². The third kappa shape index (κ3) is 5.12. The number of benzene rings is 1. The maximum absolute atomic E-state index is 13.1. The summed E-state index contributed by atoms with van der Waals surface area (Å²) in [6.45, 7) is 2.46. The van der Waals surface area contributed by atoms with Crippen molar-refractivity contribution in [1.82, 2.24) is 9.88 Å². The number of carbonyl (C=O) groups is 2. The molecule has 1 atom stereocenters. The maximum atomic E-state index is 13.1. The normalized spacial score (nSPS) is 16.9. The molecule has 2 aliphatic rings. The highest BCUT2D eigenvalue weighted by Gasteiger charge is 2.34. The van der Waals surface area contributed by atoms with Crippen molar-refractivity contribution in [1.29, 1.82) is 0 Å². The molecule has 2 amide bonds. The zero-order valence-corrected chi connectivity index (χ0v) is 18.5. The van der Waals surface area contributed by atoms with Gasteiger partial charge in [0.25, 0.3) is 5.91 Å². The van der Waals surface area contributed by atoms with Crippen molar-refractivity contribution in [2.45, 2.75) is 58.3 Å². The van der Waals surface area contributed by atoms with Gasteiger partial charge < -0.3 is 15.0 Å². The van der Waals surface area contributed by atoms with Crippen molar-refractivity contribution < 1.29 is 27.5 Å². The second kappa shape index (κ2) is 9.03. The van der Waals surface area contributed by atoms with Gasteiger partial charge in [-0.25, -0.2) is 4.98 Å². The van der Waals surface area contributed by atoms with E-state index in [1.165, 1.54) is 12.3 Å². The highest BCUT2D eigenvalue weighted by molar-refractivity contribution is 6.01. The number of amides is 2. The molecule has 1 aromatic carbocycles. The molecule has 0 saturated heterocycles. The van der Waals surface area contributed by atoms with Crippen LogP contribution in [0.3, 0.4) is 0 Å². The first-order valence-electron chi connectivity index (χ1n) is 11.0. The molecule has 1 fully saturated rings. The number of alkyl halides is 3. The number of aromatic nitrogens is 1. The van der Waals surface area contributed by atoms with E-state index in [1.807, 2.05) is 6.92 Å². The molecule has 1 aliphatic carbocycles. The summed E-state index contributed by atoms with van der Waals surface area (Å²) in [7, 11) is 0. The molecule has 0 bridgehead atoms. The molecule has 1 aliphatic heterocycles. The fourth-order valence-corrected chi connectivity index (χ4v) is 4.25. The number of anilines is 1. The van der Waals surface area contributed by atoms with Crippen LogP contribution in [0.5, 0.6) is 5.75 Å². The number of halogens is 3. The lowest BCUT2D eigenvalue weighted by Gasteiger charge is -2.25. The average molecular weight is 461 g/mol. The third-order valence-electron chi connectivity index (χ3n) is 6.37. The van der Waals surface area contributed by atoms with Gasteiger partial charge in [0.15, 0.2) is 6.61 Å². The fraction of sp³-hybridized carbons (Fsp3) is 0.458. The van der Waals surface area contributed by atoms with Gasteiger partial charge in [0.1, 0.15) is 11.6 Å². The summed E-state index contributed by atoms with van der Waals surface area (Å²) in [6.07, 6.45) is 0.856. The van der Waals surface area contributed by atoms with Crippen molar-refractivity contribution in [3.8, 4) is 5.75 Å². The van der Waals surface area contributed by atoms with E-state index in [2.05, 4.69) is 10.3 Å². The van der Waals surface area contributed by atoms with Crippen molar-refractivity contribution in [3.05, 3.63) is 52.7 Å². The molecule has 1 saturated carbocycles. The van der Waals surface area contributed by atoms with Crippen LogP contribution < -0.4 is 10.1 Å². The van der Waals surface area contributed by atoms with Crippen LogP contribution in [-0.2, 0) is 11.3 Å². The Bertz CT molecular complexity index is 1070. The van der Waals surface area contributed by atoms with Gasteiger partial charge in [-0.05, 0) is 55.9 Å². The predicted molar refractivity (Wildman–Crippen MR) is 116 cm³/mol. The summed E-state index contributed by atoms with van der Waals surface area (Å²) in [5.41, 5.74) is 2.51. The predicted octanol–water partition coefficient (Wildman–Crippen LogP) is 5.18. The SMILES string of the molecule is Cc1cc(C(C)N2Cc3c(ccnc3NC(=O)CC3CCC3)C2=O)ccc1OCC(F)(F)F. The summed E-state index contributed by atoms with van der Waals surface area (Å²) in [5.74, 6) is 0.715. The molecule has 1 aromatic heterocycles. The number of ether oxygens (including phenoxy) is 1. The van der Waals surface area contributed by atoms with Gasteiger partial charge in [-0.1, -0.05) is 18.6 Å². The van der Waals surface area contributed by atoms with E-state index in [9.17, 15) is 22.8 Å². The van der Waals surface area contributed by atoms with Gasteiger partial charge in [0, 0.05) is 23.7 Å². The van der Waals surface area contributed by atoms with Crippen LogP contribution in [0.4, 0.5) is 19.0 Å². The minimum absolute atomic E-state index is 0.0929. The monoisotopic (exact) mass is 461 g/mol. The summed E-state index contributed by atoms with van der Waals surface area (Å²) in [4.78, 5) is 31.4. The molecule has 1 N–H and O–H groups in total. The number of aryl methyl sites for hydroxylation is 1. The number of carbonyl (C=O) groups excluding carboxylic acids is 2. The van der Waals surface area contributed by atoms with Gasteiger partial charge in [-0.2, -0.15) is 13.2 Å². The minimum Gasteiger partial charge on any atom is -0.484 e. The van der Waals surface area contributed by atoms with E-state index in [4.69, 9.17) is 4.74 Å². The summed E-state index contributed by atoms with van der Waals surface area (Å²) in [5, 5.41) is 2.87. The summed E-state index contributed by atoms with van der Waals surface area (Å²) in [6, 6.07) is 6.20. The standard InChI is InChI=1S/C24H26F3N3O3/c1-14-10-17(6-7-20(14)33-13-24(25,26)27)15(2)30-12-19-18(23(30)32)8-9-28-22(19)29-21(31)11-16-4-3-5-16/h6-10,15-16H,3-5,11-13H2,1-2H3,(H,28,29,31). The zero-order chi connectivity index (χ0) is 23.8. The van der Waals surface area contributed by atoms with Crippen LogP contribution in [0.1, 0.15) is 65.7 Å². The van der Waals surface area contributed by atoms with Crippen molar-refractivity contribution in [2.75, 3.05) is 11.9 Å². The first-order valence-corrected chi connectivity index (χ1v) is 11.0. The van der Waals surface area contributed by atoms with Gasteiger partial charge in [-0.15, -0.1) is 0 Å².